The van der Waals surface area contributed by atoms with E-state index in [0.29, 0.717) is 19.1 Å². The van der Waals surface area contributed by atoms with Gasteiger partial charge in [-0.15, -0.1) is 5.10 Å². The van der Waals surface area contributed by atoms with Gasteiger partial charge in [-0.1, -0.05) is 18.9 Å². The highest BCUT2D eigenvalue weighted by molar-refractivity contribution is 5.77. The second-order valence-electron chi connectivity index (χ2n) is 4.40. The van der Waals surface area contributed by atoms with Crippen LogP contribution in [0.5, 0.6) is 11.8 Å². The van der Waals surface area contributed by atoms with Crippen molar-refractivity contribution in [1.29, 1.82) is 0 Å². The van der Waals surface area contributed by atoms with Crippen molar-refractivity contribution < 1.29 is 14.5 Å². The van der Waals surface area contributed by atoms with Crippen molar-refractivity contribution in [3.63, 3.8) is 0 Å². The first kappa shape index (κ1) is 15.5. The molecule has 0 saturated carbocycles. The van der Waals surface area contributed by atoms with E-state index in [1.807, 2.05) is 13.8 Å². The van der Waals surface area contributed by atoms with Gasteiger partial charge < -0.3 is 4.74 Å². The number of nitrogens with zero attached hydrogens (tertiary/aromatic N) is 4. The lowest BCUT2D eigenvalue weighted by Crippen LogP contribution is -2.05. The van der Waals surface area contributed by atoms with Crippen LogP contribution in [0.15, 0.2) is 18.2 Å². The van der Waals surface area contributed by atoms with Crippen molar-refractivity contribution in [3.8, 4) is 11.8 Å². The molecular weight excluding hydrogens is 288 g/mol. The number of benzene rings is 1. The minimum atomic E-state index is -0.599. The van der Waals surface area contributed by atoms with Crippen LogP contribution < -0.4 is 4.74 Å². The summed E-state index contributed by atoms with van der Waals surface area (Å²) < 4.78 is 5.37. The third kappa shape index (κ3) is 3.22. The Balaban J connectivity index is 2.41. The lowest BCUT2D eigenvalue weighted by atomic mass is 10.2. The zero-order valence-corrected chi connectivity index (χ0v) is 12.1. The molecule has 0 N–H and O–H groups in total. The summed E-state index contributed by atoms with van der Waals surface area (Å²) in [4.78, 5) is 25.4. The average molecular weight is 302 g/mol. The Morgan fingerprint density at radius 2 is 1.95 bits per heavy atom. The number of aryl methyl sites for hydroxylation is 2. The summed E-state index contributed by atoms with van der Waals surface area (Å²) in [6.07, 6.45) is 1.91. The molecule has 0 bridgehead atoms. The third-order valence-corrected chi connectivity index (χ3v) is 3.01. The van der Waals surface area contributed by atoms with Crippen molar-refractivity contribution in [3.05, 3.63) is 45.3 Å². The molecule has 2 rings (SSSR count). The molecule has 0 fully saturated rings. The third-order valence-electron chi connectivity index (χ3n) is 3.01. The van der Waals surface area contributed by atoms with E-state index in [2.05, 4.69) is 15.2 Å². The maximum atomic E-state index is 11.0. The zero-order chi connectivity index (χ0) is 16.1. The number of carbonyl (C=O) groups excluding carboxylic acids is 1. The molecule has 0 unspecified atom stereocenters. The second kappa shape index (κ2) is 6.70. The van der Waals surface area contributed by atoms with Crippen molar-refractivity contribution in [2.75, 3.05) is 0 Å². The number of hydrogen-bond acceptors (Lipinski definition) is 7. The van der Waals surface area contributed by atoms with E-state index in [4.69, 9.17) is 4.74 Å². The summed E-state index contributed by atoms with van der Waals surface area (Å²) in [6, 6.07) is 3.73. The quantitative estimate of drug-likeness (QED) is 0.458. The molecule has 0 atom stereocenters. The second-order valence-corrected chi connectivity index (χ2v) is 4.40. The van der Waals surface area contributed by atoms with Crippen molar-refractivity contribution in [1.82, 2.24) is 15.2 Å². The maximum absolute atomic E-state index is 11.0. The van der Waals surface area contributed by atoms with Crippen LogP contribution in [-0.2, 0) is 12.8 Å². The Labute approximate surface area is 126 Å². The first-order valence-electron chi connectivity index (χ1n) is 6.73. The molecule has 0 spiro atoms. The molecule has 0 saturated heterocycles. The van der Waals surface area contributed by atoms with Crippen LogP contribution in [0.4, 0.5) is 5.69 Å². The van der Waals surface area contributed by atoms with E-state index in [9.17, 15) is 14.9 Å². The smallest absolute Gasteiger partial charge is 0.341 e. The molecule has 1 aromatic carbocycles. The van der Waals surface area contributed by atoms with Crippen LogP contribution in [0, 0.1) is 10.1 Å². The van der Waals surface area contributed by atoms with Gasteiger partial charge in [0.05, 0.1) is 16.3 Å². The van der Waals surface area contributed by atoms with Gasteiger partial charge in [0.25, 0.3) is 0 Å². The highest BCUT2D eigenvalue weighted by Gasteiger charge is 2.18. The lowest BCUT2D eigenvalue weighted by Gasteiger charge is -2.07. The van der Waals surface area contributed by atoms with Gasteiger partial charge in [-0.2, -0.15) is 4.98 Å². The molecule has 0 aliphatic rings. The predicted octanol–water partition coefficient (Wildman–Crippen LogP) is 2.51. The van der Waals surface area contributed by atoms with Crippen molar-refractivity contribution in [2.24, 2.45) is 0 Å². The monoisotopic (exact) mass is 302 g/mol. The molecule has 8 nitrogen and oxygen atoms in total. The molecule has 0 aliphatic heterocycles. The molecule has 1 aromatic heterocycles. The first-order chi connectivity index (χ1) is 10.6. The van der Waals surface area contributed by atoms with Gasteiger partial charge in [0.2, 0.25) is 5.75 Å². The molecule has 22 heavy (non-hydrogen) atoms. The van der Waals surface area contributed by atoms with Crippen LogP contribution in [0.2, 0.25) is 0 Å². The fraction of sp³-hybridized carbons (Fsp3) is 0.286. The van der Waals surface area contributed by atoms with Crippen LogP contribution >= 0.6 is 0 Å². The highest BCUT2D eigenvalue weighted by atomic mass is 16.6. The summed E-state index contributed by atoms with van der Waals surface area (Å²) in [5, 5.41) is 18.8. The first-order valence-corrected chi connectivity index (χ1v) is 6.73. The van der Waals surface area contributed by atoms with Gasteiger partial charge in [-0.3, -0.25) is 14.9 Å². The minimum Gasteiger partial charge on any atom is -0.416 e. The maximum Gasteiger partial charge on any atom is 0.341 e. The summed E-state index contributed by atoms with van der Waals surface area (Å²) in [5.74, 6) is -0.0947. The summed E-state index contributed by atoms with van der Waals surface area (Å²) >= 11 is 0. The zero-order valence-electron chi connectivity index (χ0n) is 12.1. The molecule has 0 aliphatic carbocycles. The van der Waals surface area contributed by atoms with Crippen LogP contribution in [0.3, 0.4) is 0 Å². The lowest BCUT2D eigenvalue weighted by molar-refractivity contribution is -0.385. The fourth-order valence-electron chi connectivity index (χ4n) is 1.90. The molecule has 2 aromatic rings. The van der Waals surface area contributed by atoms with Gasteiger partial charge >= 0.3 is 11.7 Å². The highest BCUT2D eigenvalue weighted by Crippen LogP contribution is 2.30. The van der Waals surface area contributed by atoms with Crippen molar-refractivity contribution >= 4 is 12.0 Å². The molecule has 0 radical (unpaired) electrons. The van der Waals surface area contributed by atoms with Crippen molar-refractivity contribution in [2.45, 2.75) is 26.7 Å². The number of carbonyl (C=O) groups is 1. The number of nitro benzene ring substituents is 1. The van der Waals surface area contributed by atoms with E-state index in [-0.39, 0.29) is 23.0 Å². The normalized spacial score (nSPS) is 10.3. The standard InChI is InChI=1S/C14H14N4O4/c1-3-10-11(4-2)16-17-14(15-10)22-13-7-9(8-19)5-6-12(13)18(20)21/h5-8H,3-4H2,1-2H3. The largest absolute Gasteiger partial charge is 0.416 e. The van der Waals surface area contributed by atoms with Gasteiger partial charge in [0.15, 0.2) is 0 Å². The Hall–Kier alpha value is -2.90. The fourth-order valence-corrected chi connectivity index (χ4v) is 1.90. The summed E-state index contributed by atoms with van der Waals surface area (Å²) in [6.45, 7) is 3.85. The summed E-state index contributed by atoms with van der Waals surface area (Å²) in [5.41, 5.74) is 1.47. The number of hydrogen-bond donors (Lipinski definition) is 0. The number of ether oxygens (including phenoxy) is 1. The van der Waals surface area contributed by atoms with E-state index < -0.39 is 4.92 Å². The predicted molar refractivity (Wildman–Crippen MR) is 77.1 cm³/mol. The van der Waals surface area contributed by atoms with Gasteiger partial charge in [-0.05, 0) is 25.0 Å². The molecule has 1 heterocycles. The van der Waals surface area contributed by atoms with E-state index in [0.717, 1.165) is 11.4 Å². The summed E-state index contributed by atoms with van der Waals surface area (Å²) in [7, 11) is 0. The molecular formula is C14H14N4O4. The number of nitro groups is 1. The van der Waals surface area contributed by atoms with Crippen LogP contribution in [-0.4, -0.2) is 26.4 Å². The molecule has 0 amide bonds. The number of aromatic nitrogens is 3. The Kier molecular flexibility index (Phi) is 4.72. The molecule has 114 valence electrons. The average Bonchev–Trinajstić information content (AvgIpc) is 2.54. The Bertz CT molecular complexity index is 718. The SMILES string of the molecule is CCc1nnc(Oc2cc(C=O)ccc2[N+](=O)[O-])nc1CC. The van der Waals surface area contributed by atoms with Gasteiger partial charge in [0, 0.05) is 11.6 Å². The van der Waals surface area contributed by atoms with Gasteiger partial charge in [0.1, 0.15) is 6.29 Å². The molecule has 8 heteroatoms. The number of aldehydes is 1. The number of rotatable bonds is 6. The Morgan fingerprint density at radius 3 is 2.55 bits per heavy atom. The van der Waals surface area contributed by atoms with E-state index in [1.165, 1.54) is 18.2 Å². The van der Waals surface area contributed by atoms with Crippen LogP contribution in [0.25, 0.3) is 0 Å². The topological polar surface area (TPSA) is 108 Å². The van der Waals surface area contributed by atoms with E-state index >= 15 is 0 Å². The van der Waals surface area contributed by atoms with E-state index in [1.54, 1.807) is 0 Å². The Morgan fingerprint density at radius 1 is 1.23 bits per heavy atom. The van der Waals surface area contributed by atoms with Crippen LogP contribution in [0.1, 0.15) is 35.6 Å². The van der Waals surface area contributed by atoms with Gasteiger partial charge in [-0.25, -0.2) is 0 Å². The minimum absolute atomic E-state index is 0.0831.